The lowest BCUT2D eigenvalue weighted by Gasteiger charge is -2.33. The van der Waals surface area contributed by atoms with E-state index in [0.717, 1.165) is 17.9 Å². The summed E-state index contributed by atoms with van der Waals surface area (Å²) in [5.41, 5.74) is 2.17. The summed E-state index contributed by atoms with van der Waals surface area (Å²) in [7, 11) is 0. The highest BCUT2D eigenvalue weighted by Gasteiger charge is 2.52. The predicted molar refractivity (Wildman–Crippen MR) is 80.0 cm³/mol. The molecular weight excluding hydrogens is 298 g/mol. The molecular formula is C15H19N5O3. The van der Waals surface area contributed by atoms with E-state index in [1.165, 1.54) is 12.4 Å². The van der Waals surface area contributed by atoms with Crippen molar-refractivity contribution >= 4 is 17.8 Å². The summed E-state index contributed by atoms with van der Waals surface area (Å²) in [6.07, 6.45) is 5.69. The van der Waals surface area contributed by atoms with Gasteiger partial charge in [-0.15, -0.1) is 0 Å². The van der Waals surface area contributed by atoms with E-state index in [-0.39, 0.29) is 5.69 Å². The Morgan fingerprint density at radius 3 is 2.61 bits per heavy atom. The standard InChI is InChI=1S/C15H19N5O3/c1-9-3-5-15(6-4-9)13(22)20(14(23)18-15)19-12(21)11-8-16-10(2)7-17-11/h7-9H,3-6H2,1-2H3,(H,18,23)(H,19,21). The number of hydrogen-bond donors (Lipinski definition) is 2. The first kappa shape index (κ1) is 15.4. The van der Waals surface area contributed by atoms with Gasteiger partial charge in [-0.3, -0.25) is 20.0 Å². The SMILES string of the molecule is Cc1cnc(C(=O)NN2C(=O)NC3(CCC(C)CC3)C2=O)cn1. The summed E-state index contributed by atoms with van der Waals surface area (Å²) < 4.78 is 0. The zero-order valence-corrected chi connectivity index (χ0v) is 13.1. The van der Waals surface area contributed by atoms with Gasteiger partial charge in [-0.05, 0) is 38.5 Å². The van der Waals surface area contributed by atoms with E-state index >= 15 is 0 Å². The van der Waals surface area contributed by atoms with Crippen molar-refractivity contribution in [2.75, 3.05) is 0 Å². The largest absolute Gasteiger partial charge is 0.344 e. The molecule has 8 heteroatoms. The molecule has 1 aromatic heterocycles. The van der Waals surface area contributed by atoms with E-state index in [1.54, 1.807) is 6.92 Å². The second-order valence-electron chi connectivity index (χ2n) is 6.32. The lowest BCUT2D eigenvalue weighted by atomic mass is 9.77. The Hall–Kier alpha value is -2.51. The van der Waals surface area contributed by atoms with Crippen molar-refractivity contribution in [3.63, 3.8) is 0 Å². The molecule has 0 radical (unpaired) electrons. The number of nitrogens with one attached hydrogen (secondary N) is 2. The van der Waals surface area contributed by atoms with Gasteiger partial charge >= 0.3 is 6.03 Å². The summed E-state index contributed by atoms with van der Waals surface area (Å²) in [5.74, 6) is -0.498. The van der Waals surface area contributed by atoms with Gasteiger partial charge in [0.1, 0.15) is 11.2 Å². The van der Waals surface area contributed by atoms with Crippen molar-refractivity contribution in [2.45, 2.75) is 45.1 Å². The van der Waals surface area contributed by atoms with Gasteiger partial charge in [0.05, 0.1) is 11.9 Å². The Morgan fingerprint density at radius 2 is 2.00 bits per heavy atom. The second-order valence-corrected chi connectivity index (χ2v) is 6.32. The van der Waals surface area contributed by atoms with E-state index in [2.05, 4.69) is 27.6 Å². The van der Waals surface area contributed by atoms with Gasteiger partial charge in [0.2, 0.25) is 0 Å². The van der Waals surface area contributed by atoms with Crippen LogP contribution in [-0.2, 0) is 4.79 Å². The minimum absolute atomic E-state index is 0.0504. The van der Waals surface area contributed by atoms with Gasteiger partial charge in [0.25, 0.3) is 11.8 Å². The Labute approximate surface area is 133 Å². The van der Waals surface area contributed by atoms with Crippen LogP contribution in [0.1, 0.15) is 48.8 Å². The highest BCUT2D eigenvalue weighted by Crippen LogP contribution is 2.35. The smallest absolute Gasteiger partial charge is 0.322 e. The zero-order valence-electron chi connectivity index (χ0n) is 13.1. The number of amides is 4. The van der Waals surface area contributed by atoms with Crippen LogP contribution in [0.15, 0.2) is 12.4 Å². The molecule has 1 spiro atoms. The first-order chi connectivity index (χ1) is 10.9. The molecule has 1 aliphatic heterocycles. The fourth-order valence-electron chi connectivity index (χ4n) is 2.98. The molecule has 0 unspecified atom stereocenters. The summed E-state index contributed by atoms with van der Waals surface area (Å²) in [4.78, 5) is 44.8. The van der Waals surface area contributed by atoms with E-state index in [9.17, 15) is 14.4 Å². The molecule has 3 rings (SSSR count). The Kier molecular flexibility index (Phi) is 3.75. The Morgan fingerprint density at radius 1 is 1.30 bits per heavy atom. The average molecular weight is 317 g/mol. The van der Waals surface area contributed by atoms with Gasteiger partial charge in [-0.1, -0.05) is 6.92 Å². The lowest BCUT2D eigenvalue weighted by molar-refractivity contribution is -0.134. The lowest BCUT2D eigenvalue weighted by Crippen LogP contribution is -2.51. The molecule has 1 aromatic rings. The molecule has 2 N–H and O–H groups in total. The van der Waals surface area contributed by atoms with Crippen molar-refractivity contribution in [1.82, 2.24) is 25.7 Å². The van der Waals surface area contributed by atoms with Crippen LogP contribution >= 0.6 is 0 Å². The molecule has 0 bridgehead atoms. The van der Waals surface area contributed by atoms with Crippen LogP contribution in [0.25, 0.3) is 0 Å². The van der Waals surface area contributed by atoms with Crippen molar-refractivity contribution in [3.8, 4) is 0 Å². The maximum Gasteiger partial charge on any atom is 0.344 e. The topological polar surface area (TPSA) is 104 Å². The van der Waals surface area contributed by atoms with Crippen LogP contribution in [0, 0.1) is 12.8 Å². The number of aryl methyl sites for hydroxylation is 1. The van der Waals surface area contributed by atoms with Gasteiger partial charge in [0.15, 0.2) is 0 Å². The average Bonchev–Trinajstić information content (AvgIpc) is 2.75. The molecule has 1 aliphatic carbocycles. The minimum Gasteiger partial charge on any atom is -0.322 e. The second kappa shape index (κ2) is 5.60. The number of nitrogens with zero attached hydrogens (tertiary/aromatic N) is 3. The molecule has 0 aromatic carbocycles. The van der Waals surface area contributed by atoms with Crippen LogP contribution < -0.4 is 10.7 Å². The Bertz CT molecular complexity index is 650. The Balaban J connectivity index is 1.73. The number of urea groups is 1. The quantitative estimate of drug-likeness (QED) is 0.790. The summed E-state index contributed by atoms with van der Waals surface area (Å²) in [6, 6.07) is -0.599. The third kappa shape index (κ3) is 2.76. The number of carbonyl (C=O) groups is 3. The maximum absolute atomic E-state index is 12.6. The molecule has 2 heterocycles. The van der Waals surface area contributed by atoms with Gasteiger partial charge in [-0.25, -0.2) is 9.78 Å². The van der Waals surface area contributed by atoms with Crippen LogP contribution in [0.2, 0.25) is 0 Å². The molecule has 4 amide bonds. The maximum atomic E-state index is 12.6. The number of hydrogen-bond acceptors (Lipinski definition) is 5. The van der Waals surface area contributed by atoms with E-state index in [4.69, 9.17) is 0 Å². The number of hydrazine groups is 1. The molecule has 2 fully saturated rings. The highest BCUT2D eigenvalue weighted by molar-refractivity contribution is 6.09. The fourth-order valence-corrected chi connectivity index (χ4v) is 2.98. The summed E-state index contributed by atoms with van der Waals surface area (Å²) >= 11 is 0. The zero-order chi connectivity index (χ0) is 16.6. The van der Waals surface area contributed by atoms with Crippen molar-refractivity contribution < 1.29 is 14.4 Å². The van der Waals surface area contributed by atoms with Crippen LogP contribution in [-0.4, -0.2) is 38.4 Å². The molecule has 1 saturated heterocycles. The van der Waals surface area contributed by atoms with E-state index in [0.29, 0.717) is 24.5 Å². The highest BCUT2D eigenvalue weighted by atomic mass is 16.2. The molecule has 2 aliphatic rings. The van der Waals surface area contributed by atoms with Gasteiger partial charge in [0, 0.05) is 6.20 Å². The number of aromatic nitrogens is 2. The third-order valence-corrected chi connectivity index (χ3v) is 4.52. The summed E-state index contributed by atoms with van der Waals surface area (Å²) in [6.45, 7) is 3.88. The molecule has 0 atom stereocenters. The molecule has 1 saturated carbocycles. The van der Waals surface area contributed by atoms with E-state index < -0.39 is 23.4 Å². The van der Waals surface area contributed by atoms with Gasteiger partial charge < -0.3 is 5.32 Å². The van der Waals surface area contributed by atoms with Crippen LogP contribution in [0.5, 0.6) is 0 Å². The number of carbonyl (C=O) groups excluding carboxylic acids is 3. The first-order valence-electron chi connectivity index (χ1n) is 7.68. The normalized spacial score (nSPS) is 27.2. The predicted octanol–water partition coefficient (Wildman–Crippen LogP) is 0.931. The number of rotatable bonds is 2. The summed E-state index contributed by atoms with van der Waals surface area (Å²) in [5, 5.41) is 3.51. The molecule has 8 nitrogen and oxygen atoms in total. The van der Waals surface area contributed by atoms with Crippen LogP contribution in [0.3, 0.4) is 0 Å². The first-order valence-corrected chi connectivity index (χ1v) is 7.68. The van der Waals surface area contributed by atoms with Crippen molar-refractivity contribution in [3.05, 3.63) is 23.8 Å². The fraction of sp³-hybridized carbons (Fsp3) is 0.533. The van der Waals surface area contributed by atoms with Crippen molar-refractivity contribution in [1.29, 1.82) is 0 Å². The van der Waals surface area contributed by atoms with E-state index in [1.807, 2.05) is 0 Å². The third-order valence-electron chi connectivity index (χ3n) is 4.52. The van der Waals surface area contributed by atoms with Gasteiger partial charge in [-0.2, -0.15) is 5.01 Å². The van der Waals surface area contributed by atoms with Crippen molar-refractivity contribution in [2.24, 2.45) is 5.92 Å². The number of imide groups is 1. The molecule has 23 heavy (non-hydrogen) atoms. The minimum atomic E-state index is -0.879. The monoisotopic (exact) mass is 317 g/mol. The molecule has 122 valence electrons. The van der Waals surface area contributed by atoms with Crippen LogP contribution in [0.4, 0.5) is 4.79 Å².